The van der Waals surface area contributed by atoms with Gasteiger partial charge in [0.15, 0.2) is 10.8 Å². The van der Waals surface area contributed by atoms with Crippen LogP contribution in [0.25, 0.3) is 0 Å². The molecule has 0 spiro atoms. The molecule has 13 heteroatoms. The minimum atomic E-state index is -1.25. The molecule has 29 heavy (non-hydrogen) atoms. The summed E-state index contributed by atoms with van der Waals surface area (Å²) in [6.45, 7) is 4.68. The van der Waals surface area contributed by atoms with Crippen LogP contribution in [0, 0.1) is 0 Å². The number of anilines is 1. The summed E-state index contributed by atoms with van der Waals surface area (Å²) in [7, 11) is 0. The Labute approximate surface area is 172 Å². The summed E-state index contributed by atoms with van der Waals surface area (Å²) in [5.41, 5.74) is 5.58. The number of allylic oxidation sites excluding steroid dienone is 1. The van der Waals surface area contributed by atoms with E-state index in [4.69, 9.17) is 5.73 Å². The molecule has 0 aromatic carbocycles. The van der Waals surface area contributed by atoms with Gasteiger partial charge in [-0.3, -0.25) is 14.5 Å². The highest BCUT2D eigenvalue weighted by Gasteiger charge is 2.54. The fraction of sp³-hybridized carbons (Fsp3) is 0.250. The summed E-state index contributed by atoms with van der Waals surface area (Å²) in [5, 5.41) is 16.5. The van der Waals surface area contributed by atoms with Gasteiger partial charge in [-0.05, 0) is 5.57 Å². The van der Waals surface area contributed by atoms with E-state index in [0.29, 0.717) is 11.3 Å². The lowest BCUT2D eigenvalue weighted by Crippen LogP contribution is -2.71. The van der Waals surface area contributed by atoms with Crippen molar-refractivity contribution in [2.45, 2.75) is 18.3 Å². The third-order valence-corrected chi connectivity index (χ3v) is 5.95. The Morgan fingerprint density at radius 1 is 1.52 bits per heavy atom. The molecular formula is C16H15N5O6S2. The molecule has 1 saturated heterocycles. The Bertz CT molecular complexity index is 984. The summed E-state index contributed by atoms with van der Waals surface area (Å²) in [4.78, 5) is 57.4. The smallest absolute Gasteiger partial charge is 0.352 e. The van der Waals surface area contributed by atoms with Crippen molar-refractivity contribution in [3.8, 4) is 0 Å². The number of nitrogen functional groups attached to an aromatic ring is 1. The number of amides is 2. The zero-order chi connectivity index (χ0) is 21.3. The van der Waals surface area contributed by atoms with Crippen LogP contribution in [0.5, 0.6) is 0 Å². The molecule has 2 atom stereocenters. The number of thiazole rings is 1. The first kappa shape index (κ1) is 20.5. The van der Waals surface area contributed by atoms with E-state index in [1.807, 2.05) is 0 Å². The van der Waals surface area contributed by atoms with Gasteiger partial charge in [0.2, 0.25) is 0 Å². The molecule has 2 unspecified atom stereocenters. The van der Waals surface area contributed by atoms with Gasteiger partial charge in [0, 0.05) is 18.1 Å². The van der Waals surface area contributed by atoms with Crippen molar-refractivity contribution in [1.29, 1.82) is 0 Å². The number of aromatic nitrogens is 1. The van der Waals surface area contributed by atoms with Crippen LogP contribution in [0.3, 0.4) is 0 Å². The van der Waals surface area contributed by atoms with Gasteiger partial charge < -0.3 is 21.0 Å². The zero-order valence-corrected chi connectivity index (χ0v) is 16.6. The van der Waals surface area contributed by atoms with E-state index in [1.54, 1.807) is 0 Å². The molecule has 4 N–H and O–H groups in total. The minimum Gasteiger partial charge on any atom is -0.477 e. The van der Waals surface area contributed by atoms with E-state index >= 15 is 0 Å². The van der Waals surface area contributed by atoms with Crippen LogP contribution in [0.1, 0.15) is 12.6 Å². The number of nitrogens with two attached hydrogens (primary N) is 1. The van der Waals surface area contributed by atoms with Crippen LogP contribution < -0.4 is 11.1 Å². The van der Waals surface area contributed by atoms with Crippen LogP contribution in [0.4, 0.5) is 5.13 Å². The number of carbonyl (C=O) groups is 4. The minimum absolute atomic E-state index is 0.0752. The van der Waals surface area contributed by atoms with Crippen molar-refractivity contribution in [3.63, 3.8) is 0 Å². The second kappa shape index (κ2) is 8.05. The van der Waals surface area contributed by atoms with Gasteiger partial charge in [-0.25, -0.2) is 14.6 Å². The number of hydrogen-bond donors (Lipinski definition) is 3. The number of carboxylic acid groups (broad SMARTS) is 1. The largest absolute Gasteiger partial charge is 0.477 e. The number of carbonyl (C=O) groups excluding carboxylic acids is 3. The highest BCUT2D eigenvalue weighted by Crippen LogP contribution is 2.40. The van der Waals surface area contributed by atoms with Crippen LogP contribution in [0.2, 0.25) is 0 Å². The van der Waals surface area contributed by atoms with Crippen LogP contribution in [-0.4, -0.2) is 61.6 Å². The van der Waals surface area contributed by atoms with Gasteiger partial charge >= 0.3 is 11.9 Å². The maximum atomic E-state index is 12.7. The van der Waals surface area contributed by atoms with E-state index in [0.717, 1.165) is 23.2 Å². The second-order valence-electron chi connectivity index (χ2n) is 5.84. The highest BCUT2D eigenvalue weighted by atomic mass is 32.2. The third-order valence-electron chi connectivity index (χ3n) is 3.98. The zero-order valence-electron chi connectivity index (χ0n) is 14.9. The number of nitrogens with zero attached hydrogens (tertiary/aromatic N) is 3. The van der Waals surface area contributed by atoms with Gasteiger partial charge in [-0.2, -0.15) is 0 Å². The highest BCUT2D eigenvalue weighted by molar-refractivity contribution is 8.00. The van der Waals surface area contributed by atoms with Gasteiger partial charge in [0.25, 0.3) is 11.8 Å². The van der Waals surface area contributed by atoms with E-state index in [2.05, 4.69) is 26.9 Å². The van der Waals surface area contributed by atoms with Crippen LogP contribution >= 0.6 is 23.1 Å². The van der Waals surface area contributed by atoms with Gasteiger partial charge in [0.1, 0.15) is 22.8 Å². The summed E-state index contributed by atoms with van der Waals surface area (Å²) in [6, 6.07) is -0.980. The van der Waals surface area contributed by atoms with E-state index in [1.165, 1.54) is 23.2 Å². The SMILES string of the molecule is C=CC1=C(C(=O)O)N2C(=O)C(NC(=O)C(=NOC(C)=O)c3csc(N)n3)C2SC1. The molecule has 1 aromatic heterocycles. The Hall–Kier alpha value is -3.19. The predicted molar refractivity (Wildman–Crippen MR) is 105 cm³/mol. The molecule has 1 fully saturated rings. The average molecular weight is 437 g/mol. The first-order valence-electron chi connectivity index (χ1n) is 8.06. The first-order chi connectivity index (χ1) is 13.7. The molecule has 3 heterocycles. The lowest BCUT2D eigenvalue weighted by atomic mass is 10.0. The van der Waals surface area contributed by atoms with Crippen LogP contribution in [0.15, 0.2) is 34.5 Å². The van der Waals surface area contributed by atoms with Crippen molar-refractivity contribution in [1.82, 2.24) is 15.2 Å². The molecule has 0 saturated carbocycles. The lowest BCUT2D eigenvalue weighted by Gasteiger charge is -2.49. The van der Waals surface area contributed by atoms with Gasteiger partial charge in [-0.1, -0.05) is 17.8 Å². The Kier molecular flexibility index (Phi) is 5.70. The van der Waals surface area contributed by atoms with Gasteiger partial charge in [0.05, 0.1) is 0 Å². The molecule has 152 valence electrons. The average Bonchev–Trinajstić information content (AvgIpc) is 3.10. The number of oxime groups is 1. The van der Waals surface area contributed by atoms with Gasteiger partial charge in [-0.15, -0.1) is 23.1 Å². The number of aliphatic carboxylic acids is 1. The summed E-state index contributed by atoms with van der Waals surface area (Å²) in [6.07, 6.45) is 1.39. The number of rotatable bonds is 6. The quantitative estimate of drug-likeness (QED) is 0.239. The summed E-state index contributed by atoms with van der Waals surface area (Å²) >= 11 is 2.34. The van der Waals surface area contributed by atoms with Crippen molar-refractivity contribution in [2.24, 2.45) is 5.16 Å². The maximum absolute atomic E-state index is 12.7. The molecule has 1 aromatic rings. The summed E-state index contributed by atoms with van der Waals surface area (Å²) < 4.78 is 0. The maximum Gasteiger partial charge on any atom is 0.352 e. The monoisotopic (exact) mass is 437 g/mol. The Balaban J connectivity index is 1.82. The van der Waals surface area contributed by atoms with E-state index < -0.39 is 35.2 Å². The third kappa shape index (κ3) is 3.86. The molecule has 0 aliphatic carbocycles. The standard InChI is InChI=1S/C16H15N5O6S2/c1-3-7-4-28-14-10(13(24)21(14)11(7)15(25)26)19-12(23)9(20-27-6(2)22)8-5-29-16(17)18-8/h3,5,10,14H,1,4H2,2H3,(H2,17,18)(H,19,23)(H,25,26). The fourth-order valence-electron chi connectivity index (χ4n) is 2.72. The van der Waals surface area contributed by atoms with E-state index in [9.17, 15) is 24.3 Å². The van der Waals surface area contributed by atoms with Crippen molar-refractivity contribution in [3.05, 3.63) is 35.0 Å². The molecule has 0 radical (unpaired) electrons. The topological polar surface area (TPSA) is 164 Å². The molecule has 11 nitrogen and oxygen atoms in total. The number of hydrogen-bond acceptors (Lipinski definition) is 10. The number of thioether (sulfide) groups is 1. The second-order valence-corrected chi connectivity index (χ2v) is 7.83. The number of carboxylic acids is 1. The predicted octanol–water partition coefficient (Wildman–Crippen LogP) is -0.0829. The number of β-lactam (4-membered cyclic amide) rings is 1. The normalized spacial score (nSPS) is 21.2. The van der Waals surface area contributed by atoms with Crippen molar-refractivity contribution in [2.75, 3.05) is 11.5 Å². The molecule has 2 aliphatic heterocycles. The molecular weight excluding hydrogens is 422 g/mol. The number of nitrogens with one attached hydrogen (secondary N) is 1. The lowest BCUT2D eigenvalue weighted by molar-refractivity contribution is -0.150. The fourth-order valence-corrected chi connectivity index (χ4v) is 4.61. The molecule has 2 aliphatic rings. The molecule has 0 bridgehead atoms. The molecule has 3 rings (SSSR count). The first-order valence-corrected chi connectivity index (χ1v) is 9.98. The number of fused-ring (bicyclic) bond motifs is 1. The Morgan fingerprint density at radius 3 is 2.79 bits per heavy atom. The molecule has 2 amide bonds. The summed E-state index contributed by atoms with van der Waals surface area (Å²) in [5.74, 6) is -3.08. The van der Waals surface area contributed by atoms with E-state index in [-0.39, 0.29) is 22.2 Å². The van der Waals surface area contributed by atoms with Crippen molar-refractivity contribution >= 4 is 57.7 Å². The Morgan fingerprint density at radius 2 is 2.24 bits per heavy atom. The van der Waals surface area contributed by atoms with Crippen LogP contribution in [-0.2, 0) is 24.0 Å². The van der Waals surface area contributed by atoms with Crippen molar-refractivity contribution < 1.29 is 29.1 Å².